The van der Waals surface area contributed by atoms with Gasteiger partial charge >= 0.3 is 5.97 Å². The summed E-state index contributed by atoms with van der Waals surface area (Å²) in [6.07, 6.45) is 4.58. The Labute approximate surface area is 165 Å². The van der Waals surface area contributed by atoms with Crippen LogP contribution >= 0.6 is 0 Å². The van der Waals surface area contributed by atoms with E-state index in [0.29, 0.717) is 32.1 Å². The topological polar surface area (TPSA) is 112 Å². The molecule has 0 aromatic carbocycles. The van der Waals surface area contributed by atoms with Crippen LogP contribution in [0.2, 0.25) is 0 Å². The summed E-state index contributed by atoms with van der Waals surface area (Å²) in [5.74, 6) is -0.749. The number of hydrogen-bond donors (Lipinski definition) is 2. The van der Waals surface area contributed by atoms with E-state index < -0.39 is 0 Å². The summed E-state index contributed by atoms with van der Waals surface area (Å²) >= 11 is 0. The summed E-state index contributed by atoms with van der Waals surface area (Å²) in [6, 6.07) is 1.68. The highest BCUT2D eigenvalue weighted by Crippen LogP contribution is 2.27. The van der Waals surface area contributed by atoms with Gasteiger partial charge in [-0.1, -0.05) is 0 Å². The fourth-order valence-corrected chi connectivity index (χ4v) is 3.52. The number of carbonyl (C=O) groups is 3. The van der Waals surface area contributed by atoms with Gasteiger partial charge in [-0.05, 0) is 31.7 Å². The number of aryl methyl sites for hydroxylation is 2. The smallest absolute Gasteiger partial charge is 0.307 e. The van der Waals surface area contributed by atoms with Gasteiger partial charge in [-0.25, -0.2) is 0 Å². The van der Waals surface area contributed by atoms with Crippen LogP contribution in [0.3, 0.4) is 0 Å². The molecule has 28 heavy (non-hydrogen) atoms. The SMILES string of the molecule is COC(=O)CCNC(=O)[C@H]1CC[C@@H](OC)[C@H](NC(=O)CCc2ccnn2C)C1. The number of amides is 2. The van der Waals surface area contributed by atoms with Gasteiger partial charge in [-0.3, -0.25) is 19.1 Å². The molecule has 0 unspecified atom stereocenters. The minimum atomic E-state index is -0.359. The Balaban J connectivity index is 1.83. The van der Waals surface area contributed by atoms with E-state index in [2.05, 4.69) is 20.5 Å². The second-order valence-electron chi connectivity index (χ2n) is 7.02. The summed E-state index contributed by atoms with van der Waals surface area (Å²) in [5.41, 5.74) is 0.991. The van der Waals surface area contributed by atoms with E-state index in [-0.39, 0.29) is 48.8 Å². The van der Waals surface area contributed by atoms with Gasteiger partial charge in [0.2, 0.25) is 11.8 Å². The molecule has 1 heterocycles. The van der Waals surface area contributed by atoms with Gasteiger partial charge < -0.3 is 20.1 Å². The van der Waals surface area contributed by atoms with E-state index in [0.717, 1.165) is 5.69 Å². The molecule has 1 fully saturated rings. The van der Waals surface area contributed by atoms with Crippen LogP contribution < -0.4 is 10.6 Å². The molecule has 0 radical (unpaired) electrons. The fraction of sp³-hybridized carbons (Fsp3) is 0.684. The summed E-state index contributed by atoms with van der Waals surface area (Å²) in [5, 5.41) is 9.89. The molecule has 156 valence electrons. The number of rotatable bonds is 9. The summed E-state index contributed by atoms with van der Waals surface area (Å²) in [4.78, 5) is 35.9. The number of nitrogens with zero attached hydrogens (tertiary/aromatic N) is 2. The quantitative estimate of drug-likeness (QED) is 0.584. The first-order valence-electron chi connectivity index (χ1n) is 9.58. The third-order valence-corrected chi connectivity index (χ3v) is 5.19. The number of ether oxygens (including phenoxy) is 2. The lowest BCUT2D eigenvalue weighted by atomic mass is 9.83. The van der Waals surface area contributed by atoms with Crippen molar-refractivity contribution in [1.82, 2.24) is 20.4 Å². The standard InChI is InChI=1S/C19H30N4O5/c1-23-14(8-11-21-23)5-7-17(24)22-15-12-13(4-6-16(15)27-2)19(26)20-10-9-18(25)28-3/h8,11,13,15-16H,4-7,9-10,12H2,1-3H3,(H,20,26)(H,22,24)/t13-,15+,16+/m0/s1. The van der Waals surface area contributed by atoms with E-state index in [1.165, 1.54) is 7.11 Å². The van der Waals surface area contributed by atoms with Crippen molar-refractivity contribution in [2.24, 2.45) is 13.0 Å². The zero-order chi connectivity index (χ0) is 20.5. The van der Waals surface area contributed by atoms with Gasteiger partial charge in [0.25, 0.3) is 0 Å². The molecule has 1 aromatic heterocycles. The summed E-state index contributed by atoms with van der Waals surface area (Å²) in [6.45, 7) is 0.247. The Hall–Kier alpha value is -2.42. The third kappa shape index (κ3) is 6.33. The van der Waals surface area contributed by atoms with Gasteiger partial charge in [-0.2, -0.15) is 5.10 Å². The van der Waals surface area contributed by atoms with Gasteiger partial charge in [0, 0.05) is 44.9 Å². The van der Waals surface area contributed by atoms with E-state index in [1.54, 1.807) is 18.0 Å². The Morgan fingerprint density at radius 2 is 2.04 bits per heavy atom. The molecule has 9 heteroatoms. The lowest BCUT2D eigenvalue weighted by Crippen LogP contribution is -2.50. The summed E-state index contributed by atoms with van der Waals surface area (Å²) in [7, 11) is 4.78. The van der Waals surface area contributed by atoms with Crippen molar-refractivity contribution in [3.8, 4) is 0 Å². The van der Waals surface area contributed by atoms with Crippen LogP contribution in [0.4, 0.5) is 0 Å². The van der Waals surface area contributed by atoms with Crippen molar-refractivity contribution in [1.29, 1.82) is 0 Å². The number of esters is 1. The molecule has 0 aliphatic heterocycles. The van der Waals surface area contributed by atoms with Crippen molar-refractivity contribution in [3.63, 3.8) is 0 Å². The van der Waals surface area contributed by atoms with E-state index >= 15 is 0 Å². The van der Waals surface area contributed by atoms with Crippen molar-refractivity contribution < 1.29 is 23.9 Å². The Kier molecular flexibility index (Phi) is 8.43. The van der Waals surface area contributed by atoms with E-state index in [1.807, 2.05) is 13.1 Å². The number of nitrogens with one attached hydrogen (secondary N) is 2. The largest absolute Gasteiger partial charge is 0.469 e. The molecule has 1 aliphatic carbocycles. The lowest BCUT2D eigenvalue weighted by molar-refractivity contribution is -0.140. The van der Waals surface area contributed by atoms with Crippen molar-refractivity contribution >= 4 is 17.8 Å². The molecule has 2 amide bonds. The van der Waals surface area contributed by atoms with Crippen LogP contribution in [-0.4, -0.2) is 60.5 Å². The summed E-state index contributed by atoms with van der Waals surface area (Å²) < 4.78 is 11.8. The lowest BCUT2D eigenvalue weighted by Gasteiger charge is -2.35. The minimum absolute atomic E-state index is 0.0694. The average molecular weight is 394 g/mol. The second kappa shape index (κ2) is 10.8. The Morgan fingerprint density at radius 3 is 2.68 bits per heavy atom. The maximum Gasteiger partial charge on any atom is 0.307 e. The molecule has 0 saturated heterocycles. The molecule has 1 aliphatic rings. The molecule has 3 atom stereocenters. The third-order valence-electron chi connectivity index (χ3n) is 5.19. The zero-order valence-corrected chi connectivity index (χ0v) is 16.8. The number of carbonyl (C=O) groups excluding carboxylic acids is 3. The zero-order valence-electron chi connectivity index (χ0n) is 16.8. The molecule has 2 rings (SSSR count). The van der Waals surface area contributed by atoms with Crippen LogP contribution in [0, 0.1) is 5.92 Å². The van der Waals surface area contributed by atoms with E-state index in [4.69, 9.17) is 4.74 Å². The van der Waals surface area contributed by atoms with Crippen molar-refractivity contribution in [3.05, 3.63) is 18.0 Å². The Morgan fingerprint density at radius 1 is 1.25 bits per heavy atom. The molecule has 1 aromatic rings. The first-order chi connectivity index (χ1) is 13.4. The molecule has 9 nitrogen and oxygen atoms in total. The van der Waals surface area contributed by atoms with Gasteiger partial charge in [-0.15, -0.1) is 0 Å². The first-order valence-corrected chi connectivity index (χ1v) is 9.58. The van der Waals surface area contributed by atoms with E-state index in [9.17, 15) is 14.4 Å². The fourth-order valence-electron chi connectivity index (χ4n) is 3.52. The van der Waals surface area contributed by atoms with Crippen LogP contribution in [0.5, 0.6) is 0 Å². The average Bonchev–Trinajstić information content (AvgIpc) is 3.10. The monoisotopic (exact) mass is 394 g/mol. The molecular weight excluding hydrogens is 364 g/mol. The maximum atomic E-state index is 12.4. The highest BCUT2D eigenvalue weighted by atomic mass is 16.5. The molecule has 0 spiro atoms. The highest BCUT2D eigenvalue weighted by molar-refractivity contribution is 5.80. The predicted octanol–water partition coefficient (Wildman–Crippen LogP) is 0.332. The van der Waals surface area contributed by atoms with Gasteiger partial charge in [0.1, 0.15) is 0 Å². The Bertz CT molecular complexity index is 675. The normalized spacial score (nSPS) is 21.8. The van der Waals surface area contributed by atoms with Gasteiger partial charge in [0.05, 0.1) is 25.7 Å². The highest BCUT2D eigenvalue weighted by Gasteiger charge is 2.34. The van der Waals surface area contributed by atoms with Crippen molar-refractivity contribution in [2.45, 2.75) is 50.7 Å². The predicted molar refractivity (Wildman–Crippen MR) is 101 cm³/mol. The van der Waals surface area contributed by atoms with Gasteiger partial charge in [0.15, 0.2) is 0 Å². The minimum Gasteiger partial charge on any atom is -0.469 e. The maximum absolute atomic E-state index is 12.4. The van der Waals surface area contributed by atoms with Crippen LogP contribution in [-0.2, 0) is 37.3 Å². The van der Waals surface area contributed by atoms with Crippen LogP contribution in [0.1, 0.15) is 37.8 Å². The molecular formula is C19H30N4O5. The van der Waals surface area contributed by atoms with Crippen LogP contribution in [0.25, 0.3) is 0 Å². The number of aromatic nitrogens is 2. The molecule has 0 bridgehead atoms. The van der Waals surface area contributed by atoms with Crippen molar-refractivity contribution in [2.75, 3.05) is 20.8 Å². The molecule has 2 N–H and O–H groups in total. The van der Waals surface area contributed by atoms with Crippen LogP contribution in [0.15, 0.2) is 12.3 Å². The number of methoxy groups -OCH3 is 2. The number of hydrogen-bond acceptors (Lipinski definition) is 6. The second-order valence-corrected chi connectivity index (χ2v) is 7.02. The first kappa shape index (κ1) is 21.9. The molecule has 1 saturated carbocycles.